The lowest BCUT2D eigenvalue weighted by molar-refractivity contribution is 0.131. The number of nitrogens with zero attached hydrogens (tertiary/aromatic N) is 2. The van der Waals surface area contributed by atoms with E-state index in [4.69, 9.17) is 10.1 Å². The Labute approximate surface area is 121 Å². The van der Waals surface area contributed by atoms with Crippen molar-refractivity contribution in [3.8, 4) is 6.07 Å². The first-order valence-corrected chi connectivity index (χ1v) is 6.23. The lowest BCUT2D eigenvalue weighted by Crippen LogP contribution is -1.95. The van der Waals surface area contributed by atoms with E-state index >= 15 is 0 Å². The van der Waals surface area contributed by atoms with Crippen molar-refractivity contribution in [2.45, 2.75) is 13.0 Å². The van der Waals surface area contributed by atoms with Crippen LogP contribution in [0.5, 0.6) is 0 Å². The normalized spacial score (nSPS) is 10.8. The number of hydrogen-bond donors (Lipinski definition) is 0. The number of alkyl halides is 2. The molecule has 0 aliphatic rings. The third-order valence-corrected chi connectivity index (χ3v) is 2.86. The van der Waals surface area contributed by atoms with Crippen LogP contribution >= 0.6 is 0 Å². The molecule has 2 rings (SSSR count). The molecule has 0 N–H and O–H groups in total. The van der Waals surface area contributed by atoms with Crippen LogP contribution < -0.4 is 0 Å². The predicted octanol–water partition coefficient (Wildman–Crippen LogP) is 4.05. The second-order valence-electron chi connectivity index (χ2n) is 4.21. The molecule has 0 aliphatic heterocycles. The fourth-order valence-electron chi connectivity index (χ4n) is 1.78. The van der Waals surface area contributed by atoms with Gasteiger partial charge < -0.3 is 4.84 Å². The number of hydrogen-bond acceptors (Lipinski definition) is 3. The van der Waals surface area contributed by atoms with Crippen LogP contribution in [0.1, 0.15) is 28.7 Å². The zero-order valence-corrected chi connectivity index (χ0v) is 11.0. The molecule has 0 amide bonds. The molecule has 0 aliphatic carbocycles. The monoisotopic (exact) mass is 286 g/mol. The van der Waals surface area contributed by atoms with Gasteiger partial charge in [-0.05, 0) is 6.07 Å². The Bertz CT molecular complexity index is 678. The highest BCUT2D eigenvalue weighted by Crippen LogP contribution is 2.21. The summed E-state index contributed by atoms with van der Waals surface area (Å²) in [6, 6.07) is 15.1. The van der Waals surface area contributed by atoms with Crippen LogP contribution in [0.25, 0.3) is 0 Å². The molecule has 0 radical (unpaired) electrons. The maximum atomic E-state index is 12.8. The summed E-state index contributed by atoms with van der Waals surface area (Å²) in [4.78, 5) is 5.07. The number of nitriles is 1. The molecule has 0 heterocycles. The average Bonchev–Trinajstić information content (AvgIpc) is 2.52. The first-order valence-electron chi connectivity index (χ1n) is 6.23. The number of rotatable bonds is 5. The summed E-state index contributed by atoms with van der Waals surface area (Å²) in [5.41, 5.74) is 1.41. The van der Waals surface area contributed by atoms with Crippen molar-refractivity contribution in [2.75, 3.05) is 0 Å². The van der Waals surface area contributed by atoms with Gasteiger partial charge in [0.15, 0.2) is 0 Å². The van der Waals surface area contributed by atoms with E-state index in [1.807, 2.05) is 6.07 Å². The van der Waals surface area contributed by atoms with Gasteiger partial charge in [0.05, 0.1) is 17.8 Å². The Morgan fingerprint density at radius 3 is 2.62 bits per heavy atom. The Morgan fingerprint density at radius 2 is 1.86 bits per heavy atom. The summed E-state index contributed by atoms with van der Waals surface area (Å²) in [7, 11) is 0. The number of benzene rings is 2. The Kier molecular flexibility index (Phi) is 4.99. The highest BCUT2D eigenvalue weighted by Gasteiger charge is 2.10. The SMILES string of the molecule is N#Cc1ccccc1CON=Cc1ccccc1C(F)F. The van der Waals surface area contributed by atoms with Crippen LogP contribution in [0.3, 0.4) is 0 Å². The van der Waals surface area contributed by atoms with Gasteiger partial charge in [0.2, 0.25) is 0 Å². The van der Waals surface area contributed by atoms with Crippen molar-refractivity contribution in [3.63, 3.8) is 0 Å². The topological polar surface area (TPSA) is 45.4 Å². The van der Waals surface area contributed by atoms with Gasteiger partial charge in [-0.3, -0.25) is 0 Å². The first kappa shape index (κ1) is 14.7. The molecule has 0 atom stereocenters. The highest BCUT2D eigenvalue weighted by molar-refractivity contribution is 5.81. The zero-order chi connectivity index (χ0) is 15.1. The maximum Gasteiger partial charge on any atom is 0.264 e. The van der Waals surface area contributed by atoms with Crippen LogP contribution in [-0.2, 0) is 11.4 Å². The largest absolute Gasteiger partial charge is 0.391 e. The summed E-state index contributed by atoms with van der Waals surface area (Å²) in [6.07, 6.45) is -1.32. The third kappa shape index (κ3) is 3.86. The summed E-state index contributed by atoms with van der Waals surface area (Å²) >= 11 is 0. The lowest BCUT2D eigenvalue weighted by Gasteiger charge is -2.04. The molecule has 0 bridgehead atoms. The van der Waals surface area contributed by atoms with Gasteiger partial charge in [-0.15, -0.1) is 0 Å². The zero-order valence-electron chi connectivity index (χ0n) is 11.0. The Hall–Kier alpha value is -2.74. The summed E-state index contributed by atoms with van der Waals surface area (Å²) in [5.74, 6) is 0. The number of halogens is 2. The smallest absolute Gasteiger partial charge is 0.264 e. The second kappa shape index (κ2) is 7.15. The maximum absolute atomic E-state index is 12.8. The molecule has 2 aromatic carbocycles. The van der Waals surface area contributed by atoms with Crippen molar-refractivity contribution in [3.05, 3.63) is 70.8 Å². The van der Waals surface area contributed by atoms with Gasteiger partial charge in [0.25, 0.3) is 6.43 Å². The van der Waals surface area contributed by atoms with Gasteiger partial charge in [-0.25, -0.2) is 8.78 Å². The minimum atomic E-state index is -2.56. The van der Waals surface area contributed by atoms with Gasteiger partial charge in [-0.2, -0.15) is 5.26 Å². The molecule has 21 heavy (non-hydrogen) atoms. The molecule has 0 spiro atoms. The minimum absolute atomic E-state index is 0.0951. The lowest BCUT2D eigenvalue weighted by atomic mass is 10.1. The first-order chi connectivity index (χ1) is 10.2. The van der Waals surface area contributed by atoms with Gasteiger partial charge in [0.1, 0.15) is 6.61 Å². The van der Waals surface area contributed by atoms with Crippen molar-refractivity contribution in [1.29, 1.82) is 5.26 Å². The summed E-state index contributed by atoms with van der Waals surface area (Å²) in [5, 5.41) is 12.6. The standard InChI is InChI=1S/C16H12F2N2O/c17-16(18)15-8-4-3-6-13(15)10-20-21-11-14-7-2-1-5-12(14)9-19/h1-8,10,16H,11H2. The fourth-order valence-corrected chi connectivity index (χ4v) is 1.78. The fraction of sp³-hybridized carbons (Fsp3) is 0.125. The molecule has 0 saturated heterocycles. The third-order valence-electron chi connectivity index (χ3n) is 2.86. The molecule has 0 aromatic heterocycles. The minimum Gasteiger partial charge on any atom is -0.391 e. The van der Waals surface area contributed by atoms with E-state index < -0.39 is 6.43 Å². The molecule has 0 saturated carbocycles. The molecule has 2 aromatic rings. The van der Waals surface area contributed by atoms with Crippen LogP contribution in [0.4, 0.5) is 8.78 Å². The summed E-state index contributed by atoms with van der Waals surface area (Å²) < 4.78 is 25.5. The van der Waals surface area contributed by atoms with Crippen LogP contribution in [-0.4, -0.2) is 6.21 Å². The highest BCUT2D eigenvalue weighted by atomic mass is 19.3. The van der Waals surface area contributed by atoms with E-state index in [-0.39, 0.29) is 12.2 Å². The molecule has 106 valence electrons. The van der Waals surface area contributed by atoms with E-state index in [0.717, 1.165) is 0 Å². The Balaban J connectivity index is 2.02. The van der Waals surface area contributed by atoms with Crippen LogP contribution in [0.2, 0.25) is 0 Å². The molecular formula is C16H12F2N2O. The molecule has 3 nitrogen and oxygen atoms in total. The second-order valence-corrected chi connectivity index (χ2v) is 4.21. The molecule has 0 unspecified atom stereocenters. The van der Waals surface area contributed by atoms with Crippen molar-refractivity contribution >= 4 is 6.21 Å². The van der Waals surface area contributed by atoms with E-state index in [9.17, 15) is 8.78 Å². The molecule has 0 fully saturated rings. The van der Waals surface area contributed by atoms with E-state index in [2.05, 4.69) is 5.16 Å². The van der Waals surface area contributed by atoms with Crippen LogP contribution in [0.15, 0.2) is 53.7 Å². The molecule has 5 heteroatoms. The van der Waals surface area contributed by atoms with Crippen LogP contribution in [0, 0.1) is 11.3 Å². The van der Waals surface area contributed by atoms with Crippen molar-refractivity contribution in [1.82, 2.24) is 0 Å². The van der Waals surface area contributed by atoms with Gasteiger partial charge in [-0.1, -0.05) is 47.6 Å². The predicted molar refractivity (Wildman–Crippen MR) is 74.9 cm³/mol. The van der Waals surface area contributed by atoms with E-state index in [1.54, 1.807) is 36.4 Å². The number of oxime groups is 1. The van der Waals surface area contributed by atoms with E-state index in [0.29, 0.717) is 16.7 Å². The van der Waals surface area contributed by atoms with Crippen molar-refractivity contribution in [2.24, 2.45) is 5.16 Å². The average molecular weight is 286 g/mol. The summed E-state index contributed by atoms with van der Waals surface area (Å²) in [6.45, 7) is 0.108. The quantitative estimate of drug-likeness (QED) is 0.615. The Morgan fingerprint density at radius 1 is 1.14 bits per heavy atom. The van der Waals surface area contributed by atoms with Gasteiger partial charge >= 0.3 is 0 Å². The van der Waals surface area contributed by atoms with Crippen molar-refractivity contribution < 1.29 is 13.6 Å². The van der Waals surface area contributed by atoms with Gasteiger partial charge in [0, 0.05) is 16.7 Å². The molecular weight excluding hydrogens is 274 g/mol. The van der Waals surface area contributed by atoms with E-state index in [1.165, 1.54) is 18.3 Å².